The molecule has 4 heterocycles. The number of nitrogens with one attached hydrogen (secondary N) is 1. The van der Waals surface area contributed by atoms with Crippen molar-refractivity contribution in [2.75, 3.05) is 25.9 Å². The number of likely N-dealkylation sites (tertiary alicyclic amines) is 1. The molecule has 200 valence electrons. The smallest absolute Gasteiger partial charge is 0.426 e. The van der Waals surface area contributed by atoms with Crippen LogP contribution in [0, 0.1) is 6.57 Å². The van der Waals surface area contributed by atoms with Gasteiger partial charge in [0.25, 0.3) is 11.8 Å². The highest BCUT2D eigenvalue weighted by atomic mass is 19.4. The fourth-order valence-electron chi connectivity index (χ4n) is 4.00. The Labute approximate surface area is 211 Å². The largest absolute Gasteiger partial charge is 0.480 e. The van der Waals surface area contributed by atoms with E-state index in [0.717, 1.165) is 0 Å². The Morgan fingerprint density at radius 3 is 2.63 bits per heavy atom. The molecule has 0 unspecified atom stereocenters. The van der Waals surface area contributed by atoms with Gasteiger partial charge in [0.1, 0.15) is 29.4 Å². The number of carbonyl (C=O) groups excluding carboxylic acids is 2. The predicted octanol–water partition coefficient (Wildman–Crippen LogP) is 1.52. The maximum absolute atomic E-state index is 14.7. The topological polar surface area (TPSA) is 152 Å². The summed E-state index contributed by atoms with van der Waals surface area (Å²) < 4.78 is 60.3. The average Bonchev–Trinajstić information content (AvgIpc) is 3.43. The van der Waals surface area contributed by atoms with E-state index in [0.29, 0.717) is 16.2 Å². The lowest BCUT2D eigenvalue weighted by atomic mass is 10.1. The van der Waals surface area contributed by atoms with Crippen LogP contribution in [0.2, 0.25) is 0 Å². The molecule has 1 saturated heterocycles. The number of fused-ring (bicyclic) bond motifs is 1. The monoisotopic (exact) mass is 536 g/mol. The van der Waals surface area contributed by atoms with Crippen molar-refractivity contribution < 1.29 is 37.0 Å². The van der Waals surface area contributed by atoms with Crippen molar-refractivity contribution in [1.29, 1.82) is 0 Å². The van der Waals surface area contributed by atoms with E-state index < -0.39 is 48.9 Å². The highest BCUT2D eigenvalue weighted by molar-refractivity contribution is 5.98. The van der Waals surface area contributed by atoms with Gasteiger partial charge in [-0.25, -0.2) is 23.7 Å². The number of nitrogens with zero attached hydrogens (tertiary/aromatic N) is 6. The minimum atomic E-state index is -5.28. The van der Waals surface area contributed by atoms with Gasteiger partial charge in [-0.1, -0.05) is 0 Å². The summed E-state index contributed by atoms with van der Waals surface area (Å²) in [5.74, 6) is -2.72. The fraction of sp³-hybridized carbons (Fsp3) is 0.364. The number of nitrogen functional groups attached to an aromatic ring is 1. The van der Waals surface area contributed by atoms with Gasteiger partial charge in [0.05, 0.1) is 32.0 Å². The Hall–Kier alpha value is -4.52. The number of alkyl halides is 4. The zero-order valence-electron chi connectivity index (χ0n) is 19.8. The molecule has 0 spiro atoms. The number of hydrogen-bond acceptors (Lipinski definition) is 8. The molecule has 16 heteroatoms. The summed E-state index contributed by atoms with van der Waals surface area (Å²) in [4.78, 5) is 37.2. The minimum Gasteiger partial charge on any atom is -0.480 e. The van der Waals surface area contributed by atoms with Crippen LogP contribution in [0.4, 0.5) is 29.1 Å². The van der Waals surface area contributed by atoms with E-state index in [1.807, 2.05) is 0 Å². The molecule has 0 saturated carbocycles. The van der Waals surface area contributed by atoms with Crippen LogP contribution in [0.3, 0.4) is 0 Å². The molecule has 2 amide bonds. The van der Waals surface area contributed by atoms with Crippen molar-refractivity contribution in [3.8, 4) is 17.1 Å². The van der Waals surface area contributed by atoms with Crippen molar-refractivity contribution in [2.24, 2.45) is 0 Å². The molecule has 12 nitrogen and oxygen atoms in total. The van der Waals surface area contributed by atoms with Gasteiger partial charge in [-0.15, -0.1) is 0 Å². The number of ether oxygens (including phenoxy) is 1. The number of aromatic nitrogens is 4. The van der Waals surface area contributed by atoms with Crippen molar-refractivity contribution in [2.45, 2.75) is 30.9 Å². The van der Waals surface area contributed by atoms with Crippen LogP contribution < -0.4 is 15.8 Å². The van der Waals surface area contributed by atoms with Crippen LogP contribution in [0.5, 0.6) is 5.88 Å². The molecule has 3 aromatic heterocycles. The van der Waals surface area contributed by atoms with Crippen molar-refractivity contribution in [1.82, 2.24) is 29.8 Å². The fourth-order valence-corrected chi connectivity index (χ4v) is 4.00. The molecule has 1 fully saturated rings. The van der Waals surface area contributed by atoms with E-state index in [2.05, 4.69) is 25.2 Å². The summed E-state index contributed by atoms with van der Waals surface area (Å²) in [6.45, 7) is 6.30. The van der Waals surface area contributed by atoms with Crippen molar-refractivity contribution in [3.63, 3.8) is 0 Å². The summed E-state index contributed by atoms with van der Waals surface area (Å²) in [6, 6.07) is 1.43. The Morgan fingerprint density at radius 1 is 1.29 bits per heavy atom. The third kappa shape index (κ3) is 4.41. The SMILES string of the molecule is [C-]#[N+]c1cc(-c2cnc(OC)c(C(=O)N[C@@H]3CN(C(=O)[C@@](C)(O)C(F)(F)F)C[C@@H]3F)c2)n2ncnc(N)c12. The second-order valence-corrected chi connectivity index (χ2v) is 8.59. The number of aliphatic hydroxyl groups is 1. The number of pyridine rings is 1. The molecule has 3 atom stereocenters. The van der Waals surface area contributed by atoms with Crippen LogP contribution >= 0.6 is 0 Å². The quantitative estimate of drug-likeness (QED) is 0.328. The predicted molar refractivity (Wildman–Crippen MR) is 123 cm³/mol. The van der Waals surface area contributed by atoms with Gasteiger partial charge in [-0.05, 0) is 19.1 Å². The normalized spacial score (nSPS) is 19.2. The molecule has 3 aromatic rings. The lowest BCUT2D eigenvalue weighted by Gasteiger charge is -2.29. The van der Waals surface area contributed by atoms with Crippen LogP contribution in [0.1, 0.15) is 17.3 Å². The summed E-state index contributed by atoms with van der Waals surface area (Å²) >= 11 is 0. The number of amides is 2. The van der Waals surface area contributed by atoms with Gasteiger partial charge in [0.15, 0.2) is 0 Å². The molecule has 0 bridgehead atoms. The molecule has 4 rings (SSSR count). The second-order valence-electron chi connectivity index (χ2n) is 8.59. The number of carbonyl (C=O) groups is 2. The third-order valence-corrected chi connectivity index (χ3v) is 6.09. The van der Waals surface area contributed by atoms with E-state index in [4.69, 9.17) is 17.0 Å². The zero-order chi connectivity index (χ0) is 28.0. The van der Waals surface area contributed by atoms with Crippen LogP contribution in [0.25, 0.3) is 21.6 Å². The molecule has 0 aliphatic carbocycles. The zero-order valence-corrected chi connectivity index (χ0v) is 19.8. The van der Waals surface area contributed by atoms with E-state index in [9.17, 15) is 32.3 Å². The van der Waals surface area contributed by atoms with Crippen LogP contribution in [-0.4, -0.2) is 85.6 Å². The maximum atomic E-state index is 14.7. The van der Waals surface area contributed by atoms with Gasteiger partial charge in [-0.3, -0.25) is 9.59 Å². The Balaban J connectivity index is 1.62. The summed E-state index contributed by atoms with van der Waals surface area (Å²) in [7, 11) is 1.24. The average molecular weight is 536 g/mol. The lowest BCUT2D eigenvalue weighted by Crippen LogP contribution is -2.56. The highest BCUT2D eigenvalue weighted by Crippen LogP contribution is 2.35. The van der Waals surface area contributed by atoms with Crippen LogP contribution in [-0.2, 0) is 4.79 Å². The number of hydrogen-bond donors (Lipinski definition) is 3. The van der Waals surface area contributed by atoms with Crippen molar-refractivity contribution in [3.05, 3.63) is 41.6 Å². The number of nitrogens with two attached hydrogens (primary N) is 1. The number of rotatable bonds is 5. The maximum Gasteiger partial charge on any atom is 0.426 e. The first-order chi connectivity index (χ1) is 17.8. The number of halogens is 4. The highest BCUT2D eigenvalue weighted by Gasteiger charge is 2.58. The first kappa shape index (κ1) is 26.5. The molecule has 0 aromatic carbocycles. The van der Waals surface area contributed by atoms with Gasteiger partial charge in [0, 0.05) is 18.3 Å². The lowest BCUT2D eigenvalue weighted by molar-refractivity contribution is -0.249. The molecule has 38 heavy (non-hydrogen) atoms. The molecular formula is C22H20F4N8O4. The van der Waals surface area contributed by atoms with Crippen LogP contribution in [0.15, 0.2) is 24.7 Å². The van der Waals surface area contributed by atoms with Crippen molar-refractivity contribution >= 4 is 28.8 Å². The van der Waals surface area contributed by atoms with E-state index >= 15 is 0 Å². The van der Waals surface area contributed by atoms with Gasteiger partial charge in [0.2, 0.25) is 17.2 Å². The number of methoxy groups -OCH3 is 1. The van der Waals surface area contributed by atoms with Gasteiger partial charge in [-0.2, -0.15) is 18.3 Å². The third-order valence-electron chi connectivity index (χ3n) is 6.09. The van der Waals surface area contributed by atoms with E-state index in [1.165, 1.54) is 36.3 Å². The first-order valence-electron chi connectivity index (χ1n) is 10.9. The Morgan fingerprint density at radius 2 is 2.00 bits per heavy atom. The Bertz CT molecular complexity index is 1470. The second kappa shape index (κ2) is 9.41. The van der Waals surface area contributed by atoms with E-state index in [-0.39, 0.29) is 35.4 Å². The molecule has 1 aliphatic heterocycles. The summed E-state index contributed by atoms with van der Waals surface area (Å²) in [6.07, 6.45) is -4.67. The molecule has 4 N–H and O–H groups in total. The standard InChI is InChI=1S/C22H20F4N8O4/c1-21(37,22(24,25)26)20(36)33-7-12(23)14(8-33)32-18(35)11-4-10(6-29-19(11)38-3)15-5-13(28-2)16-17(27)30-9-31-34(15)16/h4-6,9,12,14,37H,7-8H2,1,3H3,(H,32,35)(H2,27,30,31)/t12-,14+,21+/m0/s1. The minimum absolute atomic E-state index is 0.0514. The molecule has 0 radical (unpaired) electrons. The Kier molecular flexibility index (Phi) is 6.57. The van der Waals surface area contributed by atoms with Gasteiger partial charge >= 0.3 is 6.18 Å². The summed E-state index contributed by atoms with van der Waals surface area (Å²) in [5.41, 5.74) is 3.02. The molecular weight excluding hydrogens is 516 g/mol. The van der Waals surface area contributed by atoms with E-state index in [1.54, 1.807) is 0 Å². The molecule has 1 aliphatic rings. The van der Waals surface area contributed by atoms with Gasteiger partial charge < -0.3 is 25.8 Å². The first-order valence-corrected chi connectivity index (χ1v) is 10.9. The number of anilines is 1. The summed E-state index contributed by atoms with van der Waals surface area (Å²) in [5, 5.41) is 16.1.